The molecule has 0 bridgehead atoms. The topological polar surface area (TPSA) is 44.0 Å². The fraction of sp³-hybridized carbons (Fsp3) is 0.923. The fourth-order valence-electron chi connectivity index (χ4n) is 3.85. The second-order valence-corrected chi connectivity index (χ2v) is 5.32. The summed E-state index contributed by atoms with van der Waals surface area (Å²) in [6, 6.07) is 2.47. The Bertz CT molecular complexity index is 275. The maximum atomic E-state index is 10.9. The van der Waals surface area contributed by atoms with Crippen LogP contribution >= 0.6 is 0 Å². The van der Waals surface area contributed by atoms with Gasteiger partial charge in [0.15, 0.2) is 0 Å². The highest BCUT2D eigenvalue weighted by Gasteiger charge is 2.57. The van der Waals surface area contributed by atoms with Crippen molar-refractivity contribution < 1.29 is 5.11 Å². The Balaban J connectivity index is 2.30. The molecule has 2 aliphatic rings. The maximum absolute atomic E-state index is 10.9. The van der Waals surface area contributed by atoms with E-state index in [1.54, 1.807) is 0 Å². The molecular weight excluding hydrogens is 186 g/mol. The van der Waals surface area contributed by atoms with Gasteiger partial charge in [0.25, 0.3) is 0 Å². The molecule has 0 amide bonds. The van der Waals surface area contributed by atoms with Crippen molar-refractivity contribution in [3.05, 3.63) is 0 Å². The highest BCUT2D eigenvalue weighted by atomic mass is 16.3. The summed E-state index contributed by atoms with van der Waals surface area (Å²) in [6.45, 7) is 2.14. The summed E-state index contributed by atoms with van der Waals surface area (Å²) >= 11 is 0. The molecule has 2 aliphatic carbocycles. The second kappa shape index (κ2) is 3.79. The van der Waals surface area contributed by atoms with Crippen LogP contribution in [0.2, 0.25) is 0 Å². The largest absolute Gasteiger partial charge is 0.388 e. The smallest absolute Gasteiger partial charge is 0.0863 e. The molecule has 0 radical (unpaired) electrons. The van der Waals surface area contributed by atoms with Gasteiger partial charge >= 0.3 is 0 Å². The van der Waals surface area contributed by atoms with E-state index in [0.29, 0.717) is 5.92 Å². The summed E-state index contributed by atoms with van der Waals surface area (Å²) in [4.78, 5) is 0. The lowest BCUT2D eigenvalue weighted by Crippen LogP contribution is -2.48. The van der Waals surface area contributed by atoms with Crippen molar-refractivity contribution in [2.75, 3.05) is 0 Å². The van der Waals surface area contributed by atoms with Gasteiger partial charge < -0.3 is 5.11 Å². The summed E-state index contributed by atoms with van der Waals surface area (Å²) < 4.78 is 0. The molecule has 15 heavy (non-hydrogen) atoms. The van der Waals surface area contributed by atoms with Gasteiger partial charge in [-0.1, -0.05) is 32.6 Å². The van der Waals surface area contributed by atoms with Gasteiger partial charge in [-0.15, -0.1) is 0 Å². The van der Waals surface area contributed by atoms with Crippen LogP contribution in [0.4, 0.5) is 0 Å². The van der Waals surface area contributed by atoms with Crippen LogP contribution in [-0.4, -0.2) is 10.7 Å². The number of hydrogen-bond acceptors (Lipinski definition) is 2. The molecule has 0 aromatic rings. The van der Waals surface area contributed by atoms with Crippen molar-refractivity contribution in [1.29, 1.82) is 5.26 Å². The molecule has 2 rings (SSSR count). The average molecular weight is 207 g/mol. The van der Waals surface area contributed by atoms with E-state index in [4.69, 9.17) is 0 Å². The van der Waals surface area contributed by atoms with Crippen molar-refractivity contribution in [2.24, 2.45) is 11.3 Å². The van der Waals surface area contributed by atoms with E-state index in [0.717, 1.165) is 51.4 Å². The van der Waals surface area contributed by atoms with Crippen LogP contribution in [-0.2, 0) is 0 Å². The Kier molecular flexibility index (Phi) is 2.77. The van der Waals surface area contributed by atoms with Crippen molar-refractivity contribution in [3.63, 3.8) is 0 Å². The number of rotatable bonds is 2. The quantitative estimate of drug-likeness (QED) is 0.756. The standard InChI is InChI=1S/C13H21NO/c1-2-11-6-5-9-13(11,15)12(10-14)7-3-4-8-12/h11,15H,2-9H2,1H3. The van der Waals surface area contributed by atoms with Gasteiger partial charge in [0.1, 0.15) is 0 Å². The predicted molar refractivity (Wildman–Crippen MR) is 59.1 cm³/mol. The van der Waals surface area contributed by atoms with Crippen molar-refractivity contribution >= 4 is 0 Å². The number of aliphatic hydroxyl groups is 1. The van der Waals surface area contributed by atoms with E-state index >= 15 is 0 Å². The molecule has 2 heteroatoms. The molecule has 0 spiro atoms. The Hall–Kier alpha value is -0.550. The minimum absolute atomic E-state index is 0.357. The van der Waals surface area contributed by atoms with Crippen LogP contribution < -0.4 is 0 Å². The fourth-order valence-corrected chi connectivity index (χ4v) is 3.85. The monoisotopic (exact) mass is 207 g/mol. The van der Waals surface area contributed by atoms with Gasteiger partial charge in [-0.2, -0.15) is 5.26 Å². The molecule has 2 fully saturated rings. The molecule has 2 atom stereocenters. The molecule has 2 unspecified atom stereocenters. The maximum Gasteiger partial charge on any atom is 0.0863 e. The van der Waals surface area contributed by atoms with Gasteiger partial charge in [0.05, 0.1) is 17.1 Å². The highest BCUT2D eigenvalue weighted by Crippen LogP contribution is 2.55. The molecule has 0 aromatic carbocycles. The van der Waals surface area contributed by atoms with Gasteiger partial charge in [-0.3, -0.25) is 0 Å². The first-order valence-corrected chi connectivity index (χ1v) is 6.32. The van der Waals surface area contributed by atoms with E-state index in [9.17, 15) is 10.4 Å². The molecule has 2 nitrogen and oxygen atoms in total. The van der Waals surface area contributed by atoms with E-state index < -0.39 is 11.0 Å². The lowest BCUT2D eigenvalue weighted by atomic mass is 9.66. The lowest BCUT2D eigenvalue weighted by molar-refractivity contribution is -0.0841. The zero-order valence-electron chi connectivity index (χ0n) is 9.63. The first-order valence-electron chi connectivity index (χ1n) is 6.32. The zero-order valence-corrected chi connectivity index (χ0v) is 9.63. The molecule has 0 aliphatic heterocycles. The van der Waals surface area contributed by atoms with Gasteiger partial charge in [-0.25, -0.2) is 0 Å². The Morgan fingerprint density at radius 1 is 1.27 bits per heavy atom. The summed E-state index contributed by atoms with van der Waals surface area (Å²) in [6.07, 6.45) is 8.12. The number of nitriles is 1. The van der Waals surface area contributed by atoms with Crippen LogP contribution in [0.5, 0.6) is 0 Å². The van der Waals surface area contributed by atoms with Crippen molar-refractivity contribution in [3.8, 4) is 6.07 Å². The summed E-state index contributed by atoms with van der Waals surface area (Å²) in [5, 5.41) is 20.3. The first-order chi connectivity index (χ1) is 7.18. The van der Waals surface area contributed by atoms with Gasteiger partial charge in [0, 0.05) is 0 Å². The zero-order chi connectivity index (χ0) is 10.9. The normalized spacial score (nSPS) is 39.1. The minimum Gasteiger partial charge on any atom is -0.388 e. The Morgan fingerprint density at radius 2 is 1.93 bits per heavy atom. The third kappa shape index (κ3) is 1.40. The third-order valence-corrected chi connectivity index (χ3v) is 4.78. The molecule has 0 heterocycles. The highest BCUT2D eigenvalue weighted by molar-refractivity contribution is 5.17. The number of nitrogens with zero attached hydrogens (tertiary/aromatic N) is 1. The SMILES string of the molecule is CCC1CCCC1(O)C1(C#N)CCCC1. The summed E-state index contributed by atoms with van der Waals surface area (Å²) in [5.74, 6) is 0.357. The minimum atomic E-state index is -0.674. The third-order valence-electron chi connectivity index (χ3n) is 4.78. The molecule has 1 N–H and O–H groups in total. The second-order valence-electron chi connectivity index (χ2n) is 5.32. The van der Waals surface area contributed by atoms with Crippen LogP contribution in [0.1, 0.15) is 58.3 Å². The van der Waals surface area contributed by atoms with Crippen LogP contribution in [0.25, 0.3) is 0 Å². The molecule has 0 aromatic heterocycles. The van der Waals surface area contributed by atoms with E-state index in [1.165, 1.54) is 0 Å². The molecule has 84 valence electrons. The van der Waals surface area contributed by atoms with Crippen molar-refractivity contribution in [2.45, 2.75) is 63.9 Å². The van der Waals surface area contributed by atoms with Crippen LogP contribution in [0.3, 0.4) is 0 Å². The van der Waals surface area contributed by atoms with Crippen LogP contribution in [0.15, 0.2) is 0 Å². The van der Waals surface area contributed by atoms with Gasteiger partial charge in [-0.05, 0) is 31.6 Å². The Labute approximate surface area is 92.3 Å². The van der Waals surface area contributed by atoms with Crippen molar-refractivity contribution in [1.82, 2.24) is 0 Å². The summed E-state index contributed by atoms with van der Waals surface area (Å²) in [7, 11) is 0. The lowest BCUT2D eigenvalue weighted by Gasteiger charge is -2.41. The van der Waals surface area contributed by atoms with E-state index in [1.807, 2.05) is 0 Å². The number of hydrogen-bond donors (Lipinski definition) is 1. The predicted octanol–water partition coefficient (Wildman–Crippen LogP) is 3.01. The summed E-state index contributed by atoms with van der Waals surface area (Å²) in [5.41, 5.74) is -1.09. The molecule has 0 saturated heterocycles. The average Bonchev–Trinajstić information content (AvgIpc) is 2.85. The first kappa shape index (κ1) is 11.0. The van der Waals surface area contributed by atoms with E-state index in [2.05, 4.69) is 13.0 Å². The van der Waals surface area contributed by atoms with Crippen LogP contribution in [0, 0.1) is 22.7 Å². The molecule has 2 saturated carbocycles. The molecular formula is C13H21NO. The van der Waals surface area contributed by atoms with E-state index in [-0.39, 0.29) is 0 Å². The van der Waals surface area contributed by atoms with Gasteiger partial charge in [0.2, 0.25) is 0 Å². The Morgan fingerprint density at radius 3 is 2.47 bits per heavy atom.